The van der Waals surface area contributed by atoms with Gasteiger partial charge in [0.1, 0.15) is 17.3 Å². The summed E-state index contributed by atoms with van der Waals surface area (Å²) in [6.07, 6.45) is 3.02. The maximum atomic E-state index is 14.4. The molecule has 0 saturated carbocycles. The van der Waals surface area contributed by atoms with Crippen LogP contribution in [-0.2, 0) is 9.59 Å². The third-order valence-corrected chi connectivity index (χ3v) is 5.20. The van der Waals surface area contributed by atoms with Gasteiger partial charge < -0.3 is 9.64 Å². The van der Waals surface area contributed by atoms with Crippen LogP contribution in [0.5, 0.6) is 5.75 Å². The van der Waals surface area contributed by atoms with Gasteiger partial charge in [0, 0.05) is 13.1 Å². The summed E-state index contributed by atoms with van der Waals surface area (Å²) in [5.41, 5.74) is 1.28. The van der Waals surface area contributed by atoms with Gasteiger partial charge in [-0.25, -0.2) is 9.29 Å². The van der Waals surface area contributed by atoms with Gasteiger partial charge in [0.05, 0.1) is 18.4 Å². The average Bonchev–Trinajstić information content (AvgIpc) is 2.99. The number of carbonyl (C=O) groups is 2. The Bertz CT molecular complexity index is 947. The van der Waals surface area contributed by atoms with E-state index in [9.17, 15) is 14.0 Å². The van der Waals surface area contributed by atoms with E-state index in [2.05, 4.69) is 0 Å². The molecule has 2 aliphatic heterocycles. The second kappa shape index (κ2) is 7.46. The average molecular weight is 380 g/mol. The normalized spacial score (nSPS) is 17.5. The molecule has 1 fully saturated rings. The Balaban J connectivity index is 1.83. The number of hydrogen-bond donors (Lipinski definition) is 0. The number of imide groups is 1. The van der Waals surface area contributed by atoms with Crippen molar-refractivity contribution in [3.63, 3.8) is 0 Å². The quantitative estimate of drug-likeness (QED) is 0.761. The first kappa shape index (κ1) is 18.2. The van der Waals surface area contributed by atoms with E-state index in [1.807, 2.05) is 4.90 Å². The molecule has 0 aromatic heterocycles. The Labute approximate surface area is 163 Å². The SMILES string of the molecule is COc1ccc(C2=C(N3CCCCC3)C(=O)N(c3ccccc3F)C2=O)cc1. The van der Waals surface area contributed by atoms with Gasteiger partial charge in [-0.1, -0.05) is 24.3 Å². The molecule has 0 radical (unpaired) electrons. The number of hydrogen-bond acceptors (Lipinski definition) is 4. The van der Waals surface area contributed by atoms with Crippen LogP contribution < -0.4 is 9.64 Å². The third kappa shape index (κ3) is 3.05. The maximum absolute atomic E-state index is 14.4. The molecule has 0 bridgehead atoms. The highest BCUT2D eigenvalue weighted by Gasteiger charge is 2.43. The second-order valence-corrected chi connectivity index (χ2v) is 6.90. The smallest absolute Gasteiger partial charge is 0.282 e. The number of likely N-dealkylation sites (tertiary alicyclic amines) is 1. The summed E-state index contributed by atoms with van der Waals surface area (Å²) in [6, 6.07) is 12.9. The molecule has 4 rings (SSSR count). The summed E-state index contributed by atoms with van der Waals surface area (Å²) in [5.74, 6) is -0.909. The van der Waals surface area contributed by atoms with Crippen LogP contribution in [-0.4, -0.2) is 36.9 Å². The van der Waals surface area contributed by atoms with Crippen molar-refractivity contribution in [1.29, 1.82) is 0 Å². The standard InChI is InChI=1S/C22H21FN2O3/c1-28-16-11-9-15(10-12-16)19-20(24-13-5-2-6-14-24)22(27)25(21(19)26)18-8-4-3-7-17(18)23/h3-4,7-12H,2,5-6,13-14H2,1H3. The molecule has 1 saturated heterocycles. The van der Waals surface area contributed by atoms with E-state index in [0.29, 0.717) is 35.7 Å². The molecular formula is C22H21FN2O3. The fourth-order valence-electron chi connectivity index (χ4n) is 3.80. The molecule has 2 aliphatic rings. The highest BCUT2D eigenvalue weighted by molar-refractivity contribution is 6.45. The number of rotatable bonds is 4. The predicted molar refractivity (Wildman–Crippen MR) is 104 cm³/mol. The molecule has 2 amide bonds. The highest BCUT2D eigenvalue weighted by Crippen LogP contribution is 2.37. The van der Waals surface area contributed by atoms with Gasteiger partial charge in [-0.15, -0.1) is 0 Å². The van der Waals surface area contributed by atoms with Crippen LogP contribution >= 0.6 is 0 Å². The largest absolute Gasteiger partial charge is 0.497 e. The van der Waals surface area contributed by atoms with Gasteiger partial charge in [0.2, 0.25) is 0 Å². The van der Waals surface area contributed by atoms with Gasteiger partial charge in [-0.2, -0.15) is 0 Å². The molecule has 2 aromatic carbocycles. The number of nitrogens with zero attached hydrogens (tertiary/aromatic N) is 2. The molecule has 2 heterocycles. The maximum Gasteiger partial charge on any atom is 0.282 e. The summed E-state index contributed by atoms with van der Waals surface area (Å²) in [4.78, 5) is 29.5. The number of ether oxygens (including phenoxy) is 1. The topological polar surface area (TPSA) is 49.9 Å². The third-order valence-electron chi connectivity index (χ3n) is 5.20. The van der Waals surface area contributed by atoms with Crippen molar-refractivity contribution >= 4 is 23.1 Å². The van der Waals surface area contributed by atoms with E-state index < -0.39 is 17.6 Å². The Kier molecular flexibility index (Phi) is 4.86. The van der Waals surface area contributed by atoms with Crippen LogP contribution in [0, 0.1) is 5.82 Å². The van der Waals surface area contributed by atoms with Gasteiger partial charge >= 0.3 is 0 Å². The van der Waals surface area contributed by atoms with Crippen molar-refractivity contribution < 1.29 is 18.7 Å². The van der Waals surface area contributed by atoms with Crippen LogP contribution in [0.4, 0.5) is 10.1 Å². The lowest BCUT2D eigenvalue weighted by Crippen LogP contribution is -2.37. The van der Waals surface area contributed by atoms with Crippen molar-refractivity contribution in [3.8, 4) is 5.75 Å². The summed E-state index contributed by atoms with van der Waals surface area (Å²) in [6.45, 7) is 1.41. The molecular weight excluding hydrogens is 359 g/mol. The number of para-hydroxylation sites is 1. The summed E-state index contributed by atoms with van der Waals surface area (Å²) >= 11 is 0. The number of benzene rings is 2. The zero-order chi connectivity index (χ0) is 19.7. The first-order chi connectivity index (χ1) is 13.6. The van der Waals surface area contributed by atoms with E-state index >= 15 is 0 Å². The fourth-order valence-corrected chi connectivity index (χ4v) is 3.80. The van der Waals surface area contributed by atoms with E-state index in [0.717, 1.165) is 24.2 Å². The van der Waals surface area contributed by atoms with Gasteiger partial charge in [-0.3, -0.25) is 9.59 Å². The molecule has 0 unspecified atom stereocenters. The molecule has 0 aliphatic carbocycles. The molecule has 6 heteroatoms. The van der Waals surface area contributed by atoms with Crippen LogP contribution in [0.3, 0.4) is 0 Å². The summed E-state index contributed by atoms with van der Waals surface area (Å²) in [5, 5.41) is 0. The molecule has 5 nitrogen and oxygen atoms in total. The zero-order valence-corrected chi connectivity index (χ0v) is 15.7. The highest BCUT2D eigenvalue weighted by atomic mass is 19.1. The zero-order valence-electron chi connectivity index (χ0n) is 15.7. The Morgan fingerprint density at radius 2 is 1.57 bits per heavy atom. The second-order valence-electron chi connectivity index (χ2n) is 6.90. The van der Waals surface area contributed by atoms with Crippen molar-refractivity contribution in [2.45, 2.75) is 19.3 Å². The Hall–Kier alpha value is -3.15. The minimum atomic E-state index is -0.599. The lowest BCUT2D eigenvalue weighted by Gasteiger charge is -2.29. The predicted octanol–water partition coefficient (Wildman–Crippen LogP) is 3.60. The van der Waals surface area contributed by atoms with Crippen LogP contribution in [0.25, 0.3) is 5.57 Å². The minimum Gasteiger partial charge on any atom is -0.497 e. The Morgan fingerprint density at radius 1 is 0.893 bits per heavy atom. The summed E-state index contributed by atoms with van der Waals surface area (Å²) in [7, 11) is 1.57. The van der Waals surface area contributed by atoms with E-state index in [1.165, 1.54) is 18.2 Å². The molecule has 0 N–H and O–H groups in total. The van der Waals surface area contributed by atoms with Crippen molar-refractivity contribution in [1.82, 2.24) is 4.90 Å². The molecule has 2 aromatic rings. The van der Waals surface area contributed by atoms with Gasteiger partial charge in [-0.05, 0) is 49.1 Å². The number of piperidine rings is 1. The van der Waals surface area contributed by atoms with E-state index in [1.54, 1.807) is 37.4 Å². The molecule has 0 spiro atoms. The van der Waals surface area contributed by atoms with Crippen LogP contribution in [0.15, 0.2) is 54.2 Å². The van der Waals surface area contributed by atoms with Gasteiger partial charge in [0.15, 0.2) is 0 Å². The van der Waals surface area contributed by atoms with E-state index in [-0.39, 0.29) is 5.69 Å². The first-order valence-corrected chi connectivity index (χ1v) is 9.39. The number of halogens is 1. The lowest BCUT2D eigenvalue weighted by molar-refractivity contribution is -0.120. The van der Waals surface area contributed by atoms with E-state index in [4.69, 9.17) is 4.74 Å². The Morgan fingerprint density at radius 3 is 2.21 bits per heavy atom. The summed E-state index contributed by atoms with van der Waals surface area (Å²) < 4.78 is 19.6. The lowest BCUT2D eigenvalue weighted by atomic mass is 10.0. The number of carbonyl (C=O) groups excluding carboxylic acids is 2. The first-order valence-electron chi connectivity index (χ1n) is 9.39. The molecule has 0 atom stereocenters. The molecule has 144 valence electrons. The van der Waals surface area contributed by atoms with Crippen molar-refractivity contribution in [3.05, 3.63) is 65.6 Å². The van der Waals surface area contributed by atoms with Crippen LogP contribution in [0.2, 0.25) is 0 Å². The van der Waals surface area contributed by atoms with Crippen LogP contribution in [0.1, 0.15) is 24.8 Å². The fraction of sp³-hybridized carbons (Fsp3) is 0.273. The number of methoxy groups -OCH3 is 1. The van der Waals surface area contributed by atoms with Gasteiger partial charge in [0.25, 0.3) is 11.8 Å². The monoisotopic (exact) mass is 380 g/mol. The number of amides is 2. The minimum absolute atomic E-state index is 0.0180. The number of anilines is 1. The van der Waals surface area contributed by atoms with Crippen molar-refractivity contribution in [2.75, 3.05) is 25.1 Å². The molecule has 28 heavy (non-hydrogen) atoms. The van der Waals surface area contributed by atoms with Crippen molar-refractivity contribution in [2.24, 2.45) is 0 Å².